The van der Waals surface area contributed by atoms with Crippen LogP contribution in [-0.4, -0.2) is 43.3 Å². The molecule has 0 spiro atoms. The van der Waals surface area contributed by atoms with Crippen LogP contribution in [0.1, 0.15) is 30.1 Å². The standard InChI is InChI=1S/C15H21FN2O2/c1-3-9-17-15(20)11-18(2)10-8-14(19)12-4-6-13(16)7-5-12/h4-7H,3,8-11H2,1-2H3,(H,17,20). The number of ketones is 1. The largest absolute Gasteiger partial charge is 0.355 e. The van der Waals surface area contributed by atoms with Crippen LogP contribution in [0, 0.1) is 5.82 Å². The van der Waals surface area contributed by atoms with Crippen LogP contribution in [0.3, 0.4) is 0 Å². The highest BCUT2D eigenvalue weighted by molar-refractivity contribution is 5.96. The van der Waals surface area contributed by atoms with Gasteiger partial charge in [-0.2, -0.15) is 0 Å². The van der Waals surface area contributed by atoms with Crippen molar-refractivity contribution in [2.24, 2.45) is 0 Å². The normalized spacial score (nSPS) is 10.6. The summed E-state index contributed by atoms with van der Waals surface area (Å²) in [5.74, 6) is -0.444. The number of nitrogens with one attached hydrogen (secondary N) is 1. The van der Waals surface area contributed by atoms with E-state index in [1.54, 1.807) is 11.9 Å². The number of hydrogen-bond acceptors (Lipinski definition) is 3. The number of likely N-dealkylation sites (N-methyl/N-ethyl adjacent to an activating group) is 1. The maximum atomic E-state index is 12.7. The highest BCUT2D eigenvalue weighted by Gasteiger charge is 2.10. The van der Waals surface area contributed by atoms with Gasteiger partial charge in [-0.15, -0.1) is 0 Å². The predicted octanol–water partition coefficient (Wildman–Crippen LogP) is 1.86. The summed E-state index contributed by atoms with van der Waals surface area (Å²) < 4.78 is 12.7. The maximum Gasteiger partial charge on any atom is 0.234 e. The Morgan fingerprint density at radius 1 is 1.25 bits per heavy atom. The number of amides is 1. The van der Waals surface area contributed by atoms with Crippen LogP contribution in [0.4, 0.5) is 4.39 Å². The van der Waals surface area contributed by atoms with Crippen molar-refractivity contribution in [2.45, 2.75) is 19.8 Å². The van der Waals surface area contributed by atoms with Gasteiger partial charge in [0.15, 0.2) is 5.78 Å². The van der Waals surface area contributed by atoms with E-state index in [1.807, 2.05) is 6.92 Å². The smallest absolute Gasteiger partial charge is 0.234 e. The van der Waals surface area contributed by atoms with Gasteiger partial charge in [-0.05, 0) is 37.7 Å². The van der Waals surface area contributed by atoms with E-state index >= 15 is 0 Å². The van der Waals surface area contributed by atoms with Crippen molar-refractivity contribution >= 4 is 11.7 Å². The minimum absolute atomic E-state index is 0.0384. The number of rotatable bonds is 8. The zero-order valence-electron chi connectivity index (χ0n) is 12.0. The van der Waals surface area contributed by atoms with Crippen LogP contribution >= 0.6 is 0 Å². The maximum absolute atomic E-state index is 12.7. The van der Waals surface area contributed by atoms with E-state index in [-0.39, 0.29) is 24.1 Å². The van der Waals surface area contributed by atoms with Crippen LogP contribution in [-0.2, 0) is 4.79 Å². The Bertz CT molecular complexity index is 446. The van der Waals surface area contributed by atoms with Crippen LogP contribution in [0.2, 0.25) is 0 Å². The third-order valence-electron chi connectivity index (χ3n) is 2.87. The molecule has 20 heavy (non-hydrogen) atoms. The van der Waals surface area contributed by atoms with Crippen molar-refractivity contribution in [2.75, 3.05) is 26.7 Å². The van der Waals surface area contributed by atoms with Gasteiger partial charge in [0.25, 0.3) is 0 Å². The van der Waals surface area contributed by atoms with E-state index in [2.05, 4.69) is 5.32 Å². The molecule has 4 nitrogen and oxygen atoms in total. The summed E-state index contributed by atoms with van der Waals surface area (Å²) in [7, 11) is 1.80. The van der Waals surface area contributed by atoms with Crippen LogP contribution in [0.15, 0.2) is 24.3 Å². The molecule has 0 saturated carbocycles. The summed E-state index contributed by atoms with van der Waals surface area (Å²) in [5, 5.41) is 2.78. The molecule has 0 bridgehead atoms. The number of nitrogens with zero attached hydrogens (tertiary/aromatic N) is 1. The summed E-state index contributed by atoms with van der Waals surface area (Å²) in [4.78, 5) is 25.2. The molecule has 0 aliphatic heterocycles. The Kier molecular flexibility index (Phi) is 6.87. The Morgan fingerprint density at radius 2 is 1.90 bits per heavy atom. The molecule has 1 aromatic rings. The second-order valence-corrected chi connectivity index (χ2v) is 4.77. The first-order valence-electron chi connectivity index (χ1n) is 6.77. The van der Waals surface area contributed by atoms with Crippen molar-refractivity contribution in [3.8, 4) is 0 Å². The van der Waals surface area contributed by atoms with Gasteiger partial charge in [-0.3, -0.25) is 14.5 Å². The van der Waals surface area contributed by atoms with Crippen LogP contribution in [0.5, 0.6) is 0 Å². The number of benzene rings is 1. The van der Waals surface area contributed by atoms with E-state index in [0.29, 0.717) is 25.1 Å². The number of hydrogen-bond donors (Lipinski definition) is 1. The van der Waals surface area contributed by atoms with Crippen molar-refractivity contribution < 1.29 is 14.0 Å². The monoisotopic (exact) mass is 280 g/mol. The fourth-order valence-corrected chi connectivity index (χ4v) is 1.72. The molecule has 0 unspecified atom stereocenters. The van der Waals surface area contributed by atoms with E-state index in [9.17, 15) is 14.0 Å². The van der Waals surface area contributed by atoms with Gasteiger partial charge in [0, 0.05) is 25.1 Å². The molecule has 0 atom stereocenters. The number of Topliss-reactive ketones (excluding diaryl/α,β-unsaturated/α-hetero) is 1. The Morgan fingerprint density at radius 3 is 2.50 bits per heavy atom. The summed E-state index contributed by atoms with van der Waals surface area (Å²) in [6.07, 6.45) is 1.21. The molecular formula is C15H21FN2O2. The van der Waals surface area contributed by atoms with Crippen molar-refractivity contribution in [1.29, 1.82) is 0 Å². The van der Waals surface area contributed by atoms with Crippen LogP contribution in [0.25, 0.3) is 0 Å². The van der Waals surface area contributed by atoms with Gasteiger partial charge >= 0.3 is 0 Å². The second kappa shape index (κ2) is 8.43. The SMILES string of the molecule is CCCNC(=O)CN(C)CCC(=O)c1ccc(F)cc1. The third-order valence-corrected chi connectivity index (χ3v) is 2.87. The number of carbonyl (C=O) groups is 2. The number of carbonyl (C=O) groups excluding carboxylic acids is 2. The molecule has 0 saturated heterocycles. The summed E-state index contributed by atoms with van der Waals surface area (Å²) in [6.45, 7) is 3.43. The average Bonchev–Trinajstić information content (AvgIpc) is 2.43. The molecule has 1 aromatic carbocycles. The van der Waals surface area contributed by atoms with E-state index in [4.69, 9.17) is 0 Å². The molecule has 0 radical (unpaired) electrons. The molecule has 5 heteroatoms. The second-order valence-electron chi connectivity index (χ2n) is 4.77. The van der Waals surface area contributed by atoms with Crippen molar-refractivity contribution in [3.05, 3.63) is 35.6 Å². The van der Waals surface area contributed by atoms with Gasteiger partial charge in [-0.25, -0.2) is 4.39 Å². The van der Waals surface area contributed by atoms with Gasteiger partial charge in [0.2, 0.25) is 5.91 Å². The minimum Gasteiger partial charge on any atom is -0.355 e. The fourth-order valence-electron chi connectivity index (χ4n) is 1.72. The molecule has 1 N–H and O–H groups in total. The van der Waals surface area contributed by atoms with Gasteiger partial charge in [0.1, 0.15) is 5.82 Å². The Balaban J connectivity index is 2.33. The first-order chi connectivity index (χ1) is 9.52. The van der Waals surface area contributed by atoms with E-state index in [1.165, 1.54) is 24.3 Å². The molecule has 0 aromatic heterocycles. The first kappa shape index (κ1) is 16.3. The Labute approximate surface area is 119 Å². The molecule has 0 aliphatic rings. The summed E-state index contributed by atoms with van der Waals surface area (Å²) in [5.41, 5.74) is 0.496. The summed E-state index contributed by atoms with van der Waals surface area (Å²) >= 11 is 0. The quantitative estimate of drug-likeness (QED) is 0.739. The minimum atomic E-state index is -0.355. The summed E-state index contributed by atoms with van der Waals surface area (Å²) in [6, 6.07) is 5.50. The molecule has 1 rings (SSSR count). The van der Waals surface area contributed by atoms with Crippen molar-refractivity contribution in [1.82, 2.24) is 10.2 Å². The molecule has 0 aliphatic carbocycles. The zero-order chi connectivity index (χ0) is 15.0. The topological polar surface area (TPSA) is 49.4 Å². The predicted molar refractivity (Wildman–Crippen MR) is 76.1 cm³/mol. The lowest BCUT2D eigenvalue weighted by Gasteiger charge is -2.15. The lowest BCUT2D eigenvalue weighted by Crippen LogP contribution is -2.36. The van der Waals surface area contributed by atoms with Crippen molar-refractivity contribution in [3.63, 3.8) is 0 Å². The lowest BCUT2D eigenvalue weighted by molar-refractivity contribution is -0.121. The average molecular weight is 280 g/mol. The Hall–Kier alpha value is -1.75. The highest BCUT2D eigenvalue weighted by atomic mass is 19.1. The molecule has 0 heterocycles. The molecule has 1 amide bonds. The fraction of sp³-hybridized carbons (Fsp3) is 0.467. The first-order valence-corrected chi connectivity index (χ1v) is 6.77. The molecule has 110 valence electrons. The highest BCUT2D eigenvalue weighted by Crippen LogP contribution is 2.06. The third kappa shape index (κ3) is 5.93. The lowest BCUT2D eigenvalue weighted by atomic mass is 10.1. The van der Waals surface area contributed by atoms with E-state index < -0.39 is 0 Å². The number of halogens is 1. The van der Waals surface area contributed by atoms with E-state index in [0.717, 1.165) is 6.42 Å². The molecule has 0 fully saturated rings. The van der Waals surface area contributed by atoms with Gasteiger partial charge < -0.3 is 5.32 Å². The van der Waals surface area contributed by atoms with Gasteiger partial charge in [0.05, 0.1) is 6.54 Å². The van der Waals surface area contributed by atoms with Gasteiger partial charge in [-0.1, -0.05) is 6.92 Å². The zero-order valence-corrected chi connectivity index (χ0v) is 12.0. The van der Waals surface area contributed by atoms with Crippen LogP contribution < -0.4 is 5.32 Å². The molecular weight excluding hydrogens is 259 g/mol.